The van der Waals surface area contributed by atoms with Gasteiger partial charge >= 0.3 is 0 Å². The molecule has 0 aromatic heterocycles. The number of nitrogens with zero attached hydrogens (tertiary/aromatic N) is 1. The summed E-state index contributed by atoms with van der Waals surface area (Å²) < 4.78 is 7.37. The maximum atomic E-state index is 12.3. The number of nitrogens with one attached hydrogen (secondary N) is 1. The first-order valence-corrected chi connectivity index (χ1v) is 10.6. The van der Waals surface area contributed by atoms with E-state index in [1.807, 2.05) is 60.7 Å². The van der Waals surface area contributed by atoms with E-state index in [4.69, 9.17) is 4.74 Å². The van der Waals surface area contributed by atoms with Crippen LogP contribution in [0.3, 0.4) is 0 Å². The number of ether oxygens (including phenoxy) is 1. The molecule has 5 nitrogen and oxygen atoms in total. The zero-order valence-corrected chi connectivity index (χ0v) is 18.9. The Morgan fingerprint density at radius 3 is 2.57 bits per heavy atom. The minimum Gasteiger partial charge on any atom is -0.507 e. The number of aromatic hydroxyl groups is 1. The Bertz CT molecular complexity index is 1080. The lowest BCUT2D eigenvalue weighted by atomic mass is 10.2. The van der Waals surface area contributed by atoms with Crippen LogP contribution in [0.5, 0.6) is 11.5 Å². The number of hydrogen-bond donors (Lipinski definition) is 2. The topological polar surface area (TPSA) is 70.9 Å². The van der Waals surface area contributed by atoms with Crippen LogP contribution < -0.4 is 10.2 Å². The van der Waals surface area contributed by atoms with Gasteiger partial charge in [0.1, 0.15) is 18.1 Å². The van der Waals surface area contributed by atoms with Crippen molar-refractivity contribution in [2.75, 3.05) is 6.61 Å². The van der Waals surface area contributed by atoms with Gasteiger partial charge < -0.3 is 9.84 Å². The quantitative estimate of drug-likeness (QED) is 0.301. The maximum Gasteiger partial charge on any atom is 0.275 e. The number of carbonyl (C=O) groups excluding carboxylic acids is 1. The molecule has 0 spiro atoms. The monoisotopic (exact) mass is 528 g/mol. The Hall–Kier alpha value is -2.90. The summed E-state index contributed by atoms with van der Waals surface area (Å²) in [5.74, 6) is -0.0184. The summed E-state index contributed by atoms with van der Waals surface area (Å²) in [4.78, 5) is 12.3. The van der Waals surface area contributed by atoms with Crippen LogP contribution in [0.2, 0.25) is 0 Å². The van der Waals surface area contributed by atoms with Gasteiger partial charge in [0.25, 0.3) is 5.91 Å². The minimum atomic E-state index is -0.520. The van der Waals surface area contributed by atoms with E-state index in [-0.39, 0.29) is 11.3 Å². The van der Waals surface area contributed by atoms with Crippen molar-refractivity contribution in [2.24, 2.45) is 5.10 Å². The SMILES string of the molecule is O=C(NN=Cc1cc(Br)ccc1OCC=Cc1ccccc1)c1cc(Br)ccc1O. The van der Waals surface area contributed by atoms with Crippen molar-refractivity contribution in [1.82, 2.24) is 5.43 Å². The molecule has 0 radical (unpaired) electrons. The number of halogens is 2. The fourth-order valence-corrected chi connectivity index (χ4v) is 3.29. The third-order valence-electron chi connectivity index (χ3n) is 3.99. The number of benzene rings is 3. The average Bonchev–Trinajstić information content (AvgIpc) is 2.75. The van der Waals surface area contributed by atoms with E-state index in [9.17, 15) is 9.90 Å². The summed E-state index contributed by atoms with van der Waals surface area (Å²) in [5.41, 5.74) is 4.32. The molecule has 0 unspecified atom stereocenters. The molecule has 7 heteroatoms. The largest absolute Gasteiger partial charge is 0.507 e. The van der Waals surface area contributed by atoms with Crippen LogP contribution in [-0.4, -0.2) is 23.8 Å². The first-order valence-electron chi connectivity index (χ1n) is 8.99. The molecule has 152 valence electrons. The average molecular weight is 530 g/mol. The summed E-state index contributed by atoms with van der Waals surface area (Å²) in [6, 6.07) is 20.1. The molecule has 3 rings (SSSR count). The van der Waals surface area contributed by atoms with Gasteiger partial charge in [0.05, 0.1) is 11.8 Å². The lowest BCUT2D eigenvalue weighted by molar-refractivity contribution is 0.0952. The van der Waals surface area contributed by atoms with Crippen LogP contribution >= 0.6 is 31.9 Å². The van der Waals surface area contributed by atoms with Crippen molar-refractivity contribution in [3.05, 3.63) is 98.4 Å². The first kappa shape index (κ1) is 21.8. The predicted molar refractivity (Wildman–Crippen MR) is 126 cm³/mol. The lowest BCUT2D eigenvalue weighted by Crippen LogP contribution is -2.17. The predicted octanol–water partition coefficient (Wildman–Crippen LogP) is 5.77. The van der Waals surface area contributed by atoms with Gasteiger partial charge in [-0.25, -0.2) is 5.43 Å². The van der Waals surface area contributed by atoms with E-state index in [0.29, 0.717) is 22.4 Å². The number of phenolic OH excluding ortho intramolecular Hbond substituents is 1. The first-order chi connectivity index (χ1) is 14.5. The molecule has 2 N–H and O–H groups in total. The van der Waals surface area contributed by atoms with Gasteiger partial charge in [-0.3, -0.25) is 4.79 Å². The van der Waals surface area contributed by atoms with E-state index in [1.54, 1.807) is 6.07 Å². The molecule has 3 aromatic rings. The fraction of sp³-hybridized carbons (Fsp3) is 0.0435. The molecule has 0 fully saturated rings. The van der Waals surface area contributed by atoms with Gasteiger partial charge in [-0.1, -0.05) is 68.3 Å². The third-order valence-corrected chi connectivity index (χ3v) is 4.98. The standard InChI is InChI=1S/C23H18Br2N2O3/c24-18-9-11-22(30-12-4-7-16-5-2-1-3-6-16)17(13-18)15-26-27-23(29)20-14-19(25)8-10-21(20)28/h1-11,13-15,28H,12H2,(H,27,29). The highest BCUT2D eigenvalue weighted by Crippen LogP contribution is 2.23. The zero-order valence-electron chi connectivity index (χ0n) is 15.8. The molecule has 30 heavy (non-hydrogen) atoms. The van der Waals surface area contributed by atoms with Gasteiger partial charge in [-0.2, -0.15) is 5.10 Å². The molecule has 1 amide bonds. The van der Waals surface area contributed by atoms with E-state index in [2.05, 4.69) is 42.4 Å². The maximum absolute atomic E-state index is 12.3. The van der Waals surface area contributed by atoms with Crippen LogP contribution in [0.25, 0.3) is 6.08 Å². The zero-order chi connectivity index (χ0) is 21.3. The molecule has 0 aliphatic heterocycles. The third kappa shape index (κ3) is 6.30. The normalized spacial score (nSPS) is 11.1. The smallest absolute Gasteiger partial charge is 0.275 e. The Balaban J connectivity index is 1.65. The fourth-order valence-electron chi connectivity index (χ4n) is 2.55. The van der Waals surface area contributed by atoms with Gasteiger partial charge in [0.15, 0.2) is 0 Å². The summed E-state index contributed by atoms with van der Waals surface area (Å²) in [6.45, 7) is 0.385. The van der Waals surface area contributed by atoms with Gasteiger partial charge in [0, 0.05) is 14.5 Å². The van der Waals surface area contributed by atoms with Crippen LogP contribution in [0.1, 0.15) is 21.5 Å². The van der Waals surface area contributed by atoms with E-state index < -0.39 is 5.91 Å². The van der Waals surface area contributed by atoms with Gasteiger partial charge in [-0.05, 0) is 48.0 Å². The molecule has 0 saturated carbocycles. The number of hydrogen-bond acceptors (Lipinski definition) is 4. The van der Waals surface area contributed by atoms with E-state index in [0.717, 1.165) is 10.0 Å². The van der Waals surface area contributed by atoms with Crippen LogP contribution in [0, 0.1) is 0 Å². The number of amides is 1. The van der Waals surface area contributed by atoms with Crippen molar-refractivity contribution in [3.8, 4) is 11.5 Å². The van der Waals surface area contributed by atoms with Gasteiger partial charge in [0.2, 0.25) is 0 Å². The van der Waals surface area contributed by atoms with E-state index >= 15 is 0 Å². The molecule has 3 aromatic carbocycles. The van der Waals surface area contributed by atoms with Crippen molar-refractivity contribution in [3.63, 3.8) is 0 Å². The number of rotatable bonds is 7. The van der Waals surface area contributed by atoms with Crippen molar-refractivity contribution in [2.45, 2.75) is 0 Å². The molecule has 0 saturated heterocycles. The molecular weight excluding hydrogens is 512 g/mol. The molecule has 0 aliphatic rings. The van der Waals surface area contributed by atoms with Crippen LogP contribution in [0.4, 0.5) is 0 Å². The Kier molecular flexibility index (Phi) is 7.82. The Labute approximate surface area is 191 Å². The highest BCUT2D eigenvalue weighted by Gasteiger charge is 2.11. The van der Waals surface area contributed by atoms with Crippen LogP contribution in [0.15, 0.2) is 86.9 Å². The second kappa shape index (κ2) is 10.8. The molecule has 0 bridgehead atoms. The van der Waals surface area contributed by atoms with Crippen molar-refractivity contribution < 1.29 is 14.6 Å². The Morgan fingerprint density at radius 1 is 1.03 bits per heavy atom. The summed E-state index contributed by atoms with van der Waals surface area (Å²) in [7, 11) is 0. The van der Waals surface area contributed by atoms with E-state index in [1.165, 1.54) is 18.3 Å². The molecule has 0 heterocycles. The highest BCUT2D eigenvalue weighted by atomic mass is 79.9. The second-order valence-corrected chi connectivity index (χ2v) is 8.00. The lowest BCUT2D eigenvalue weighted by Gasteiger charge is -2.08. The van der Waals surface area contributed by atoms with Crippen molar-refractivity contribution in [1.29, 1.82) is 0 Å². The molecular formula is C23H18Br2N2O3. The molecule has 0 atom stereocenters. The van der Waals surface area contributed by atoms with Crippen LogP contribution in [-0.2, 0) is 0 Å². The minimum absolute atomic E-state index is 0.123. The summed E-state index contributed by atoms with van der Waals surface area (Å²) >= 11 is 6.70. The Morgan fingerprint density at radius 2 is 1.77 bits per heavy atom. The molecule has 0 aliphatic carbocycles. The van der Waals surface area contributed by atoms with Crippen molar-refractivity contribution >= 4 is 50.1 Å². The number of carbonyl (C=O) groups is 1. The summed E-state index contributed by atoms with van der Waals surface area (Å²) in [5, 5.41) is 13.8. The number of phenols is 1. The second-order valence-electron chi connectivity index (χ2n) is 6.17. The van der Waals surface area contributed by atoms with Gasteiger partial charge in [-0.15, -0.1) is 0 Å². The number of hydrazone groups is 1. The highest BCUT2D eigenvalue weighted by molar-refractivity contribution is 9.10. The summed E-state index contributed by atoms with van der Waals surface area (Å²) in [6.07, 6.45) is 5.40.